The van der Waals surface area contributed by atoms with Crippen LogP contribution < -0.4 is 5.48 Å². The number of aliphatic hydroxyl groups is 2. The molecule has 0 unspecified atom stereocenters. The number of nitrogens with one attached hydrogen (secondary N) is 1. The minimum atomic E-state index is -4.05. The van der Waals surface area contributed by atoms with Gasteiger partial charge < -0.3 is 10.2 Å². The summed E-state index contributed by atoms with van der Waals surface area (Å²) in [5, 5.41) is 19.0. The molecule has 1 aromatic carbocycles. The van der Waals surface area contributed by atoms with Gasteiger partial charge >= 0.3 is 10.1 Å². The van der Waals surface area contributed by atoms with Crippen LogP contribution in [0.1, 0.15) is 11.9 Å². The van der Waals surface area contributed by atoms with Crippen molar-refractivity contribution in [1.29, 1.82) is 0 Å². The fourth-order valence-corrected chi connectivity index (χ4v) is 3.34. The molecule has 0 fully saturated rings. The van der Waals surface area contributed by atoms with Gasteiger partial charge in [0.15, 0.2) is 0 Å². The highest BCUT2D eigenvalue weighted by Gasteiger charge is 2.26. The van der Waals surface area contributed by atoms with E-state index in [1.54, 1.807) is 6.07 Å². The average Bonchev–Trinajstić information content (AvgIpc) is 2.84. The van der Waals surface area contributed by atoms with Gasteiger partial charge in [0.2, 0.25) is 0 Å². The first-order valence-corrected chi connectivity index (χ1v) is 8.32. The van der Waals surface area contributed by atoms with E-state index in [0.717, 1.165) is 15.2 Å². The topological polar surface area (TPSA) is 109 Å². The van der Waals surface area contributed by atoms with Crippen molar-refractivity contribution >= 4 is 31.7 Å². The van der Waals surface area contributed by atoms with Gasteiger partial charge in [0.25, 0.3) is 0 Å². The molecule has 0 aliphatic heterocycles. The zero-order chi connectivity index (χ0) is 15.7. The molecule has 0 aliphatic carbocycles. The standard InChI is InChI=1S/C12H16N2O5S2/c1-8-13-10-4-3-9(5-11(10)20-8)21(17,18)19-14-12(2,6-15)7-16/h3-5,14-16H,6-7H2,1-2H3. The Labute approximate surface area is 126 Å². The zero-order valence-electron chi connectivity index (χ0n) is 11.5. The number of hydroxylamine groups is 1. The summed E-state index contributed by atoms with van der Waals surface area (Å²) in [5.74, 6) is 0. The van der Waals surface area contributed by atoms with Crippen LogP contribution in [0.25, 0.3) is 10.2 Å². The summed E-state index contributed by atoms with van der Waals surface area (Å²) < 4.78 is 29.6. The molecule has 7 nitrogen and oxygen atoms in total. The number of benzene rings is 1. The lowest BCUT2D eigenvalue weighted by atomic mass is 10.1. The maximum atomic E-state index is 12.1. The number of hydrogen-bond donors (Lipinski definition) is 3. The molecule has 116 valence electrons. The monoisotopic (exact) mass is 332 g/mol. The number of hydrogen-bond acceptors (Lipinski definition) is 8. The molecule has 3 N–H and O–H groups in total. The van der Waals surface area contributed by atoms with Gasteiger partial charge in [0.1, 0.15) is 0 Å². The molecule has 0 bridgehead atoms. The average molecular weight is 332 g/mol. The fraction of sp³-hybridized carbons (Fsp3) is 0.417. The number of aromatic nitrogens is 1. The Bertz CT molecular complexity index is 737. The van der Waals surface area contributed by atoms with Crippen LogP contribution in [0.15, 0.2) is 23.1 Å². The van der Waals surface area contributed by atoms with E-state index in [1.807, 2.05) is 6.92 Å². The van der Waals surface area contributed by atoms with Crippen molar-refractivity contribution in [2.75, 3.05) is 13.2 Å². The van der Waals surface area contributed by atoms with Crippen molar-refractivity contribution in [2.24, 2.45) is 0 Å². The number of rotatable bonds is 6. The van der Waals surface area contributed by atoms with Gasteiger partial charge in [-0.15, -0.1) is 11.3 Å². The van der Waals surface area contributed by atoms with E-state index in [0.29, 0.717) is 0 Å². The van der Waals surface area contributed by atoms with Gasteiger partial charge in [-0.05, 0) is 32.0 Å². The first-order valence-electron chi connectivity index (χ1n) is 6.09. The molecular weight excluding hydrogens is 316 g/mol. The third-order valence-corrected chi connectivity index (χ3v) is 4.92. The molecule has 0 aliphatic rings. The highest BCUT2D eigenvalue weighted by molar-refractivity contribution is 7.86. The van der Waals surface area contributed by atoms with Crippen LogP contribution in [0.2, 0.25) is 0 Å². The van der Waals surface area contributed by atoms with Crippen molar-refractivity contribution < 1.29 is 22.9 Å². The molecule has 2 rings (SSSR count). The molecule has 1 heterocycles. The second-order valence-electron chi connectivity index (χ2n) is 4.88. The predicted octanol–water partition coefficient (Wildman–Crippen LogP) is 0.558. The third kappa shape index (κ3) is 3.57. The van der Waals surface area contributed by atoms with Crippen LogP contribution in [0, 0.1) is 6.92 Å². The first kappa shape index (κ1) is 16.3. The van der Waals surface area contributed by atoms with Crippen LogP contribution >= 0.6 is 11.3 Å². The van der Waals surface area contributed by atoms with Gasteiger partial charge in [-0.3, -0.25) is 0 Å². The van der Waals surface area contributed by atoms with E-state index in [-0.39, 0.29) is 4.90 Å². The van der Waals surface area contributed by atoms with Crippen LogP contribution in [0.3, 0.4) is 0 Å². The summed E-state index contributed by atoms with van der Waals surface area (Å²) in [7, 11) is -4.05. The van der Waals surface area contributed by atoms with Crippen molar-refractivity contribution in [3.05, 3.63) is 23.2 Å². The molecule has 21 heavy (non-hydrogen) atoms. The summed E-state index contributed by atoms with van der Waals surface area (Å²) in [6.45, 7) is 2.31. The third-order valence-electron chi connectivity index (χ3n) is 2.85. The highest BCUT2D eigenvalue weighted by Crippen LogP contribution is 2.25. The van der Waals surface area contributed by atoms with Crippen LogP contribution in [0.4, 0.5) is 0 Å². The maximum Gasteiger partial charge on any atom is 0.312 e. The summed E-state index contributed by atoms with van der Waals surface area (Å²) in [4.78, 5) is 4.23. The number of thiazole rings is 1. The number of fused-ring (bicyclic) bond motifs is 1. The number of aryl methyl sites for hydroxylation is 1. The van der Waals surface area contributed by atoms with Gasteiger partial charge in [0.05, 0.1) is 38.9 Å². The molecule has 0 radical (unpaired) electrons. The minimum absolute atomic E-state index is 0.0237. The van der Waals surface area contributed by atoms with Crippen molar-refractivity contribution in [2.45, 2.75) is 24.3 Å². The summed E-state index contributed by atoms with van der Waals surface area (Å²) in [6.07, 6.45) is 0. The van der Waals surface area contributed by atoms with E-state index in [1.165, 1.54) is 30.4 Å². The maximum absolute atomic E-state index is 12.1. The van der Waals surface area contributed by atoms with E-state index >= 15 is 0 Å². The molecule has 2 aromatic rings. The first-order chi connectivity index (χ1) is 9.79. The lowest BCUT2D eigenvalue weighted by Crippen LogP contribution is -2.49. The Morgan fingerprint density at radius 2 is 2.05 bits per heavy atom. The van der Waals surface area contributed by atoms with Crippen LogP contribution in [-0.4, -0.2) is 42.4 Å². The molecule has 0 saturated carbocycles. The minimum Gasteiger partial charge on any atom is -0.394 e. The van der Waals surface area contributed by atoms with Crippen LogP contribution in [-0.2, 0) is 14.4 Å². The molecule has 9 heteroatoms. The summed E-state index contributed by atoms with van der Waals surface area (Å²) in [6, 6.07) is 4.48. The van der Waals surface area contributed by atoms with E-state index in [2.05, 4.69) is 10.5 Å². The molecule has 1 aromatic heterocycles. The van der Waals surface area contributed by atoms with Crippen molar-refractivity contribution in [3.63, 3.8) is 0 Å². The predicted molar refractivity (Wildman–Crippen MR) is 78.3 cm³/mol. The second-order valence-corrected chi connectivity index (χ2v) is 7.66. The summed E-state index contributed by atoms with van der Waals surface area (Å²) >= 11 is 1.38. The lowest BCUT2D eigenvalue weighted by Gasteiger charge is -2.24. The molecule has 0 atom stereocenters. The summed E-state index contributed by atoms with van der Waals surface area (Å²) in [5.41, 5.74) is 1.66. The Kier molecular flexibility index (Phi) is 4.61. The Hall–Kier alpha value is -1.10. The quantitative estimate of drug-likeness (QED) is 0.663. The zero-order valence-corrected chi connectivity index (χ0v) is 13.2. The highest BCUT2D eigenvalue weighted by atomic mass is 32.2. The van der Waals surface area contributed by atoms with Crippen molar-refractivity contribution in [3.8, 4) is 0 Å². The van der Waals surface area contributed by atoms with Gasteiger partial charge in [-0.2, -0.15) is 18.2 Å². The molecule has 0 amide bonds. The van der Waals surface area contributed by atoms with E-state index < -0.39 is 28.9 Å². The smallest absolute Gasteiger partial charge is 0.312 e. The Morgan fingerprint density at radius 1 is 1.38 bits per heavy atom. The van der Waals surface area contributed by atoms with E-state index in [4.69, 9.17) is 14.5 Å². The van der Waals surface area contributed by atoms with Crippen LogP contribution in [0.5, 0.6) is 0 Å². The molecular formula is C12H16N2O5S2. The Balaban J connectivity index is 2.25. The molecule has 0 saturated heterocycles. The lowest BCUT2D eigenvalue weighted by molar-refractivity contribution is 0.0191. The fourth-order valence-electron chi connectivity index (χ4n) is 1.49. The second kappa shape index (κ2) is 5.95. The van der Waals surface area contributed by atoms with E-state index in [9.17, 15) is 8.42 Å². The Morgan fingerprint density at radius 3 is 2.67 bits per heavy atom. The van der Waals surface area contributed by atoms with Gasteiger partial charge in [-0.25, -0.2) is 4.98 Å². The normalized spacial score (nSPS) is 13.0. The SMILES string of the molecule is Cc1nc2ccc(S(=O)(=O)ONC(C)(CO)CO)cc2s1. The largest absolute Gasteiger partial charge is 0.394 e. The molecule has 0 spiro atoms. The number of aliphatic hydroxyl groups excluding tert-OH is 2. The van der Waals surface area contributed by atoms with Gasteiger partial charge in [-0.1, -0.05) is 0 Å². The number of nitrogens with zero attached hydrogens (tertiary/aromatic N) is 1. The van der Waals surface area contributed by atoms with Crippen molar-refractivity contribution in [1.82, 2.24) is 10.5 Å². The van der Waals surface area contributed by atoms with Gasteiger partial charge in [0, 0.05) is 0 Å².